The molecule has 98 valence electrons. The normalized spacial score (nSPS) is 10.5. The Labute approximate surface area is 130 Å². The van der Waals surface area contributed by atoms with Crippen molar-refractivity contribution in [1.82, 2.24) is 0 Å². The third-order valence-corrected chi connectivity index (χ3v) is 4.28. The van der Waals surface area contributed by atoms with Crippen LogP contribution in [0.5, 0.6) is 0 Å². The van der Waals surface area contributed by atoms with Gasteiger partial charge in [-0.3, -0.25) is 4.79 Å². The molecule has 0 bridgehead atoms. The van der Waals surface area contributed by atoms with E-state index >= 15 is 0 Å². The van der Waals surface area contributed by atoms with Crippen molar-refractivity contribution in [1.29, 1.82) is 0 Å². The van der Waals surface area contributed by atoms with Gasteiger partial charge in [-0.25, -0.2) is 0 Å². The van der Waals surface area contributed by atoms with Crippen LogP contribution in [0.3, 0.4) is 0 Å². The summed E-state index contributed by atoms with van der Waals surface area (Å²) >= 11 is 19.0. The Morgan fingerprint density at radius 2 is 1.53 bits per heavy atom. The molecular formula is C14H9Cl3OS. The summed E-state index contributed by atoms with van der Waals surface area (Å²) in [5.74, 6) is 0.553. The van der Waals surface area contributed by atoms with E-state index in [1.54, 1.807) is 30.3 Å². The summed E-state index contributed by atoms with van der Waals surface area (Å²) in [6, 6.07) is 12.4. The van der Waals surface area contributed by atoms with Gasteiger partial charge in [0.05, 0.1) is 15.6 Å². The first kappa shape index (κ1) is 14.7. The number of carbonyl (C=O) groups is 1. The first-order valence-electron chi connectivity index (χ1n) is 5.43. The predicted octanol–water partition coefficient (Wildman–Crippen LogP) is 5.72. The molecule has 0 fully saturated rings. The minimum atomic E-state index is -0.134. The number of halogens is 3. The molecule has 0 heterocycles. The largest absolute Gasteiger partial charge is 0.281 e. The topological polar surface area (TPSA) is 17.1 Å². The quantitative estimate of drug-likeness (QED) is 0.715. The van der Waals surface area contributed by atoms with Gasteiger partial charge < -0.3 is 0 Å². The van der Waals surface area contributed by atoms with E-state index in [1.165, 1.54) is 11.8 Å². The zero-order valence-corrected chi connectivity index (χ0v) is 12.8. The van der Waals surface area contributed by atoms with Crippen LogP contribution in [0.15, 0.2) is 42.5 Å². The summed E-state index contributed by atoms with van der Waals surface area (Å²) in [6.45, 7) is 0. The molecule has 2 aromatic carbocycles. The summed E-state index contributed by atoms with van der Waals surface area (Å²) in [6.07, 6.45) is 0. The van der Waals surface area contributed by atoms with Gasteiger partial charge in [0.15, 0.2) is 0 Å². The van der Waals surface area contributed by atoms with Crippen LogP contribution in [-0.2, 0) is 5.75 Å². The highest BCUT2D eigenvalue weighted by Gasteiger charge is 2.14. The van der Waals surface area contributed by atoms with Crippen molar-refractivity contribution < 1.29 is 4.79 Å². The van der Waals surface area contributed by atoms with Crippen LogP contribution in [0, 0.1) is 0 Å². The third-order valence-electron chi connectivity index (χ3n) is 2.45. The maximum atomic E-state index is 12.1. The molecule has 5 heteroatoms. The molecule has 1 nitrogen and oxygen atoms in total. The van der Waals surface area contributed by atoms with Crippen LogP contribution in [0.2, 0.25) is 15.1 Å². The van der Waals surface area contributed by atoms with E-state index in [0.717, 1.165) is 5.56 Å². The number of rotatable bonds is 3. The van der Waals surface area contributed by atoms with E-state index in [9.17, 15) is 4.79 Å². The molecule has 0 amide bonds. The summed E-state index contributed by atoms with van der Waals surface area (Å²) in [4.78, 5) is 12.1. The minimum absolute atomic E-state index is 0.134. The van der Waals surface area contributed by atoms with Crippen LogP contribution < -0.4 is 0 Å². The second-order valence-corrected chi connectivity index (χ2v) is 6.00. The molecule has 0 N–H and O–H groups in total. The van der Waals surface area contributed by atoms with Gasteiger partial charge in [0, 0.05) is 10.8 Å². The molecule has 0 aliphatic heterocycles. The highest BCUT2D eigenvalue weighted by molar-refractivity contribution is 8.13. The molecule has 0 saturated heterocycles. The molecule has 0 aromatic heterocycles. The maximum Gasteiger partial charge on any atom is 0.222 e. The molecule has 0 aliphatic rings. The van der Waals surface area contributed by atoms with Crippen LogP contribution in [0.1, 0.15) is 15.9 Å². The molecule has 0 atom stereocenters. The molecular weight excluding hydrogens is 323 g/mol. The third kappa shape index (κ3) is 3.90. The Kier molecular flexibility index (Phi) is 5.17. The van der Waals surface area contributed by atoms with E-state index in [2.05, 4.69) is 0 Å². The van der Waals surface area contributed by atoms with E-state index in [4.69, 9.17) is 34.8 Å². The van der Waals surface area contributed by atoms with Crippen molar-refractivity contribution in [2.24, 2.45) is 0 Å². The van der Waals surface area contributed by atoms with Gasteiger partial charge in [0.1, 0.15) is 0 Å². The lowest BCUT2D eigenvalue weighted by atomic mass is 10.2. The number of benzene rings is 2. The van der Waals surface area contributed by atoms with Crippen LogP contribution >= 0.6 is 46.6 Å². The lowest BCUT2D eigenvalue weighted by Gasteiger charge is -2.05. The lowest BCUT2D eigenvalue weighted by molar-refractivity contribution is 0.108. The summed E-state index contributed by atoms with van der Waals surface area (Å²) < 4.78 is 0. The van der Waals surface area contributed by atoms with E-state index < -0.39 is 0 Å². The zero-order valence-electron chi connectivity index (χ0n) is 9.70. The Hall–Kier alpha value is -0.670. The first-order valence-corrected chi connectivity index (χ1v) is 7.55. The number of carbonyl (C=O) groups excluding carboxylic acids is 1. The summed E-state index contributed by atoms with van der Waals surface area (Å²) in [5.41, 5.74) is 1.38. The number of thioether (sulfide) groups is 1. The molecule has 0 unspecified atom stereocenters. The van der Waals surface area contributed by atoms with Gasteiger partial charge in [0.2, 0.25) is 5.12 Å². The number of hydrogen-bond acceptors (Lipinski definition) is 2. The fourth-order valence-electron chi connectivity index (χ4n) is 1.49. The highest BCUT2D eigenvalue weighted by Crippen LogP contribution is 2.29. The minimum Gasteiger partial charge on any atom is -0.281 e. The second-order valence-electron chi connectivity index (χ2n) is 3.80. The van der Waals surface area contributed by atoms with Crippen molar-refractivity contribution in [3.8, 4) is 0 Å². The molecule has 2 aromatic rings. The molecule has 2 rings (SSSR count). The number of hydrogen-bond donors (Lipinski definition) is 0. The molecule has 0 radical (unpaired) electrons. The van der Waals surface area contributed by atoms with Gasteiger partial charge in [-0.15, -0.1) is 0 Å². The average Bonchev–Trinajstić information content (AvgIpc) is 2.38. The molecule has 0 aliphatic carbocycles. The Bertz CT molecular complexity index is 576. The first-order chi connectivity index (χ1) is 9.08. The van der Waals surface area contributed by atoms with Gasteiger partial charge in [-0.1, -0.05) is 64.8 Å². The summed E-state index contributed by atoms with van der Waals surface area (Å²) in [7, 11) is 0. The van der Waals surface area contributed by atoms with Gasteiger partial charge in [-0.2, -0.15) is 0 Å². The maximum absolute atomic E-state index is 12.1. The molecule has 0 spiro atoms. The van der Waals surface area contributed by atoms with Gasteiger partial charge in [-0.05, 0) is 29.8 Å². The standard InChI is InChI=1S/C14H9Cl3OS/c15-10-6-4-9(5-7-10)8-19-14(18)13-11(16)2-1-3-12(13)17/h1-7H,8H2. The van der Waals surface area contributed by atoms with Crippen molar-refractivity contribution in [2.45, 2.75) is 5.75 Å². The van der Waals surface area contributed by atoms with Crippen molar-refractivity contribution in [3.63, 3.8) is 0 Å². The van der Waals surface area contributed by atoms with Crippen LogP contribution in [0.25, 0.3) is 0 Å². The summed E-state index contributed by atoms with van der Waals surface area (Å²) in [5, 5.41) is 1.29. The van der Waals surface area contributed by atoms with Crippen molar-refractivity contribution >= 4 is 51.7 Å². The smallest absolute Gasteiger partial charge is 0.222 e. The molecule has 19 heavy (non-hydrogen) atoms. The van der Waals surface area contributed by atoms with Crippen molar-refractivity contribution in [2.75, 3.05) is 0 Å². The Balaban J connectivity index is 2.07. The van der Waals surface area contributed by atoms with Crippen LogP contribution in [0.4, 0.5) is 0 Å². The monoisotopic (exact) mass is 330 g/mol. The van der Waals surface area contributed by atoms with Crippen LogP contribution in [-0.4, -0.2) is 5.12 Å². The Morgan fingerprint density at radius 1 is 0.947 bits per heavy atom. The second kappa shape index (κ2) is 6.67. The highest BCUT2D eigenvalue weighted by atomic mass is 35.5. The van der Waals surface area contributed by atoms with Gasteiger partial charge in [0.25, 0.3) is 0 Å². The van der Waals surface area contributed by atoms with E-state index in [-0.39, 0.29) is 5.12 Å². The fraction of sp³-hybridized carbons (Fsp3) is 0.0714. The van der Waals surface area contributed by atoms with Crippen molar-refractivity contribution in [3.05, 3.63) is 68.7 Å². The fourth-order valence-corrected chi connectivity index (χ4v) is 3.16. The average molecular weight is 332 g/mol. The van der Waals surface area contributed by atoms with Gasteiger partial charge >= 0.3 is 0 Å². The van der Waals surface area contributed by atoms with E-state index in [0.29, 0.717) is 26.4 Å². The predicted molar refractivity (Wildman–Crippen MR) is 83.5 cm³/mol. The molecule has 0 saturated carbocycles. The van der Waals surface area contributed by atoms with E-state index in [1.807, 2.05) is 12.1 Å². The zero-order chi connectivity index (χ0) is 13.8. The lowest BCUT2D eigenvalue weighted by Crippen LogP contribution is -1.97. The Morgan fingerprint density at radius 3 is 2.11 bits per heavy atom. The SMILES string of the molecule is O=C(SCc1ccc(Cl)cc1)c1c(Cl)cccc1Cl.